The molecule has 0 unspecified atom stereocenters. The van der Waals surface area contributed by atoms with E-state index in [0.717, 1.165) is 0 Å². The number of carbonyl (C=O) groups is 1. The summed E-state index contributed by atoms with van der Waals surface area (Å²) in [5, 5.41) is 8.98. The molecule has 1 heterocycles. The molecule has 0 atom stereocenters. The first-order chi connectivity index (χ1) is 7.45. The summed E-state index contributed by atoms with van der Waals surface area (Å²) in [5.74, 6) is -1.20. The zero-order valence-corrected chi connectivity index (χ0v) is 10.2. The maximum Gasteiger partial charge on any atom is 0.307 e. The zero-order chi connectivity index (χ0) is 12.3. The second-order valence-electron chi connectivity index (χ2n) is 2.97. The number of hydrogen-bond donors (Lipinski definition) is 1. The van der Waals surface area contributed by atoms with Crippen LogP contribution in [0, 0.1) is 0 Å². The van der Waals surface area contributed by atoms with E-state index in [2.05, 4.69) is 20.9 Å². The Bertz CT molecular complexity index is 415. The Morgan fingerprint density at radius 1 is 1.62 bits per heavy atom. The summed E-state index contributed by atoms with van der Waals surface area (Å²) < 4.78 is 25.2. The molecule has 0 fully saturated rings. The summed E-state index contributed by atoms with van der Waals surface area (Å²) in [7, 11) is 0. The van der Waals surface area contributed by atoms with Crippen LogP contribution in [-0.2, 0) is 16.5 Å². The highest BCUT2D eigenvalue weighted by Gasteiger charge is 2.19. The Morgan fingerprint density at radius 3 is 2.69 bits per heavy atom. The average Bonchev–Trinajstić information content (AvgIpc) is 2.16. The van der Waals surface area contributed by atoms with Crippen molar-refractivity contribution in [3.8, 4) is 0 Å². The number of alkyl halides is 3. The van der Waals surface area contributed by atoms with Crippen LogP contribution < -0.4 is 0 Å². The van der Waals surface area contributed by atoms with E-state index in [0.29, 0.717) is 0 Å². The SMILES string of the molecule is O=C(O)Cc1cc(Cl)c(CBr)nc1C(F)F. The summed E-state index contributed by atoms with van der Waals surface area (Å²) in [6.45, 7) is 0. The highest BCUT2D eigenvalue weighted by Crippen LogP contribution is 2.27. The Kier molecular flexibility index (Phi) is 4.61. The number of aliphatic carboxylic acids is 1. The molecule has 0 aromatic carbocycles. The minimum atomic E-state index is -2.82. The zero-order valence-electron chi connectivity index (χ0n) is 7.88. The van der Waals surface area contributed by atoms with Gasteiger partial charge in [0, 0.05) is 5.33 Å². The number of carboxylic acid groups (broad SMARTS) is 1. The predicted octanol–water partition coefficient (Wildman–Crippen LogP) is 3.19. The van der Waals surface area contributed by atoms with E-state index in [1.165, 1.54) is 6.07 Å². The Morgan fingerprint density at radius 2 is 2.25 bits per heavy atom. The highest BCUT2D eigenvalue weighted by atomic mass is 79.9. The molecule has 0 aliphatic heterocycles. The van der Waals surface area contributed by atoms with Crippen LogP contribution in [0.2, 0.25) is 5.02 Å². The molecular formula is C9H7BrClF2NO2. The number of aromatic nitrogens is 1. The molecule has 1 N–H and O–H groups in total. The van der Waals surface area contributed by atoms with Crippen LogP contribution >= 0.6 is 27.5 Å². The second-order valence-corrected chi connectivity index (χ2v) is 3.93. The molecular weight excluding hydrogens is 307 g/mol. The Labute approximate surface area is 104 Å². The van der Waals surface area contributed by atoms with E-state index < -0.39 is 24.5 Å². The lowest BCUT2D eigenvalue weighted by Gasteiger charge is -2.09. The highest BCUT2D eigenvalue weighted by molar-refractivity contribution is 9.08. The van der Waals surface area contributed by atoms with Gasteiger partial charge in [0.05, 0.1) is 17.1 Å². The fourth-order valence-electron chi connectivity index (χ4n) is 1.17. The minimum Gasteiger partial charge on any atom is -0.481 e. The summed E-state index contributed by atoms with van der Waals surface area (Å²) in [6, 6.07) is 1.22. The molecule has 1 aromatic rings. The Hall–Kier alpha value is -0.750. The number of halogens is 4. The van der Waals surface area contributed by atoms with Crippen LogP contribution in [0.25, 0.3) is 0 Å². The molecule has 1 aromatic heterocycles. The lowest BCUT2D eigenvalue weighted by atomic mass is 10.1. The molecule has 0 aliphatic rings. The average molecular weight is 315 g/mol. The van der Waals surface area contributed by atoms with Gasteiger partial charge in [-0.05, 0) is 11.6 Å². The number of nitrogens with zero attached hydrogens (tertiary/aromatic N) is 1. The first-order valence-corrected chi connectivity index (χ1v) is 5.69. The minimum absolute atomic E-state index is 0.0581. The maximum atomic E-state index is 12.6. The topological polar surface area (TPSA) is 50.2 Å². The van der Waals surface area contributed by atoms with Gasteiger partial charge < -0.3 is 5.11 Å². The number of carboxylic acids is 1. The lowest BCUT2D eigenvalue weighted by molar-refractivity contribution is -0.136. The molecule has 0 bridgehead atoms. The first kappa shape index (κ1) is 13.3. The molecule has 7 heteroatoms. The third-order valence-electron chi connectivity index (χ3n) is 1.84. The van der Waals surface area contributed by atoms with Crippen LogP contribution in [-0.4, -0.2) is 16.1 Å². The van der Waals surface area contributed by atoms with E-state index in [1.54, 1.807) is 0 Å². The number of pyridine rings is 1. The standard InChI is InChI=1S/C9H7BrClF2NO2/c10-3-6-5(11)1-4(2-7(15)16)8(14-6)9(12)13/h1,9H,2-3H2,(H,15,16). The molecule has 0 amide bonds. The van der Waals surface area contributed by atoms with Crippen LogP contribution in [0.3, 0.4) is 0 Å². The van der Waals surface area contributed by atoms with E-state index in [9.17, 15) is 13.6 Å². The van der Waals surface area contributed by atoms with Gasteiger partial charge in [-0.2, -0.15) is 0 Å². The molecule has 0 radical (unpaired) electrons. The second kappa shape index (κ2) is 5.54. The molecule has 3 nitrogen and oxygen atoms in total. The summed E-state index contributed by atoms with van der Waals surface area (Å²) in [4.78, 5) is 14.1. The van der Waals surface area contributed by atoms with Gasteiger partial charge in [-0.3, -0.25) is 4.79 Å². The monoisotopic (exact) mass is 313 g/mol. The van der Waals surface area contributed by atoms with Gasteiger partial charge in [0.15, 0.2) is 0 Å². The number of hydrogen-bond acceptors (Lipinski definition) is 2. The van der Waals surface area contributed by atoms with Crippen LogP contribution in [0.5, 0.6) is 0 Å². The largest absolute Gasteiger partial charge is 0.481 e. The molecule has 0 aliphatic carbocycles. The molecule has 0 saturated carbocycles. The van der Waals surface area contributed by atoms with Gasteiger partial charge in [-0.15, -0.1) is 0 Å². The van der Waals surface area contributed by atoms with Crippen molar-refractivity contribution in [1.82, 2.24) is 4.98 Å². The smallest absolute Gasteiger partial charge is 0.307 e. The molecule has 0 saturated heterocycles. The Balaban J connectivity index is 3.24. The lowest BCUT2D eigenvalue weighted by Crippen LogP contribution is -2.07. The molecule has 16 heavy (non-hydrogen) atoms. The molecule has 1 rings (SSSR count). The normalized spacial score (nSPS) is 10.8. The van der Waals surface area contributed by atoms with E-state index in [4.69, 9.17) is 16.7 Å². The van der Waals surface area contributed by atoms with Crippen molar-refractivity contribution in [2.24, 2.45) is 0 Å². The third-order valence-corrected chi connectivity index (χ3v) is 2.69. The van der Waals surface area contributed by atoms with Crippen molar-refractivity contribution in [1.29, 1.82) is 0 Å². The number of rotatable bonds is 4. The van der Waals surface area contributed by atoms with E-state index in [-0.39, 0.29) is 21.6 Å². The van der Waals surface area contributed by atoms with Crippen molar-refractivity contribution < 1.29 is 18.7 Å². The van der Waals surface area contributed by atoms with Gasteiger partial charge >= 0.3 is 5.97 Å². The van der Waals surface area contributed by atoms with Gasteiger partial charge in [0.2, 0.25) is 0 Å². The molecule has 0 spiro atoms. The van der Waals surface area contributed by atoms with Crippen LogP contribution in [0.1, 0.15) is 23.4 Å². The summed E-state index contributed by atoms with van der Waals surface area (Å²) in [6.07, 6.45) is -3.33. The third kappa shape index (κ3) is 3.12. The first-order valence-electron chi connectivity index (χ1n) is 4.19. The van der Waals surface area contributed by atoms with Crippen molar-refractivity contribution in [2.75, 3.05) is 0 Å². The van der Waals surface area contributed by atoms with Crippen molar-refractivity contribution in [3.63, 3.8) is 0 Å². The fraction of sp³-hybridized carbons (Fsp3) is 0.333. The van der Waals surface area contributed by atoms with Crippen LogP contribution in [0.4, 0.5) is 8.78 Å². The van der Waals surface area contributed by atoms with Crippen molar-refractivity contribution >= 4 is 33.5 Å². The van der Waals surface area contributed by atoms with E-state index >= 15 is 0 Å². The predicted molar refractivity (Wildman–Crippen MR) is 58.2 cm³/mol. The summed E-state index contributed by atoms with van der Waals surface area (Å²) in [5.41, 5.74) is -0.315. The summed E-state index contributed by atoms with van der Waals surface area (Å²) >= 11 is 8.82. The van der Waals surface area contributed by atoms with E-state index in [1.807, 2.05) is 0 Å². The van der Waals surface area contributed by atoms with Gasteiger partial charge in [0.25, 0.3) is 6.43 Å². The quantitative estimate of drug-likeness (QED) is 0.868. The van der Waals surface area contributed by atoms with Gasteiger partial charge in [-0.25, -0.2) is 13.8 Å². The fourth-order valence-corrected chi connectivity index (χ4v) is 2.00. The molecule has 88 valence electrons. The van der Waals surface area contributed by atoms with Crippen LogP contribution in [0.15, 0.2) is 6.07 Å². The maximum absolute atomic E-state index is 12.6. The van der Waals surface area contributed by atoms with Gasteiger partial charge in [-0.1, -0.05) is 27.5 Å². The van der Waals surface area contributed by atoms with Gasteiger partial charge in [0.1, 0.15) is 5.69 Å². The van der Waals surface area contributed by atoms with Crippen molar-refractivity contribution in [3.05, 3.63) is 28.0 Å². The van der Waals surface area contributed by atoms with Crippen molar-refractivity contribution in [2.45, 2.75) is 18.2 Å².